The molecule has 0 aromatic heterocycles. The molecule has 0 bridgehead atoms. The van der Waals surface area contributed by atoms with E-state index >= 15 is 0 Å². The number of hydrogen-bond acceptors (Lipinski definition) is 6. The smallest absolute Gasteiger partial charge is 0.346 e. The Balaban J connectivity index is 1.57. The molecular weight excluding hydrogens is 439 g/mol. The van der Waals surface area contributed by atoms with E-state index in [-0.39, 0.29) is 23.7 Å². The molecule has 0 aliphatic rings. The number of methoxy groups -OCH3 is 1. The van der Waals surface area contributed by atoms with Crippen LogP contribution in [0.2, 0.25) is 5.02 Å². The molecule has 1 amide bonds. The zero-order valence-corrected chi connectivity index (χ0v) is 17.6. The van der Waals surface area contributed by atoms with E-state index in [1.807, 2.05) is 0 Å². The van der Waals surface area contributed by atoms with Gasteiger partial charge in [0.1, 0.15) is 11.6 Å². The molecule has 32 heavy (non-hydrogen) atoms. The summed E-state index contributed by atoms with van der Waals surface area (Å²) in [7, 11) is 1.40. The second-order valence-electron chi connectivity index (χ2n) is 6.32. The van der Waals surface area contributed by atoms with Crippen LogP contribution in [0, 0.1) is 5.82 Å². The molecule has 0 atom stereocenters. The summed E-state index contributed by atoms with van der Waals surface area (Å²) in [6, 6.07) is 16.7. The highest BCUT2D eigenvalue weighted by Crippen LogP contribution is 2.28. The Morgan fingerprint density at radius 2 is 1.81 bits per heavy atom. The van der Waals surface area contributed by atoms with Crippen molar-refractivity contribution in [3.8, 4) is 17.2 Å². The van der Waals surface area contributed by atoms with Crippen LogP contribution in [0.15, 0.2) is 71.8 Å². The molecule has 3 aromatic carbocycles. The molecule has 0 aliphatic heterocycles. The second-order valence-corrected chi connectivity index (χ2v) is 6.75. The van der Waals surface area contributed by atoms with Gasteiger partial charge in [0, 0.05) is 5.02 Å². The van der Waals surface area contributed by atoms with Gasteiger partial charge in [0.15, 0.2) is 18.1 Å². The van der Waals surface area contributed by atoms with Gasteiger partial charge in [0.2, 0.25) is 0 Å². The minimum atomic E-state index is -0.851. The van der Waals surface area contributed by atoms with Crippen molar-refractivity contribution in [1.29, 1.82) is 0 Å². The van der Waals surface area contributed by atoms with Gasteiger partial charge in [-0.25, -0.2) is 14.6 Å². The van der Waals surface area contributed by atoms with Crippen LogP contribution in [0.25, 0.3) is 0 Å². The third kappa shape index (κ3) is 6.29. The number of hydrogen-bond donors (Lipinski definition) is 1. The molecule has 9 heteroatoms. The Hall–Kier alpha value is -3.91. The zero-order valence-electron chi connectivity index (χ0n) is 16.9. The van der Waals surface area contributed by atoms with Gasteiger partial charge in [-0.15, -0.1) is 0 Å². The van der Waals surface area contributed by atoms with Crippen molar-refractivity contribution in [3.63, 3.8) is 0 Å². The lowest BCUT2D eigenvalue weighted by atomic mass is 10.2. The minimum absolute atomic E-state index is 0.110. The lowest BCUT2D eigenvalue weighted by Gasteiger charge is -2.10. The number of ether oxygens (including phenoxy) is 3. The Labute approximate surface area is 188 Å². The van der Waals surface area contributed by atoms with Crippen molar-refractivity contribution in [2.75, 3.05) is 13.7 Å². The highest BCUT2D eigenvalue weighted by atomic mass is 35.5. The number of nitrogens with zero attached hydrogens (tertiary/aromatic N) is 1. The summed E-state index contributed by atoms with van der Waals surface area (Å²) in [4.78, 5) is 24.1. The van der Waals surface area contributed by atoms with Crippen molar-refractivity contribution in [2.24, 2.45) is 5.10 Å². The first-order chi connectivity index (χ1) is 15.5. The molecule has 0 spiro atoms. The maximum atomic E-state index is 13.8. The summed E-state index contributed by atoms with van der Waals surface area (Å²) in [6.45, 7) is -0.229. The fourth-order valence-electron chi connectivity index (χ4n) is 2.52. The van der Waals surface area contributed by atoms with Crippen LogP contribution in [0.5, 0.6) is 17.2 Å². The molecule has 3 rings (SSSR count). The molecule has 7 nitrogen and oxygen atoms in total. The minimum Gasteiger partial charge on any atom is -0.493 e. The van der Waals surface area contributed by atoms with Crippen molar-refractivity contribution in [2.45, 2.75) is 0 Å². The van der Waals surface area contributed by atoms with Crippen molar-refractivity contribution >= 4 is 29.7 Å². The first-order valence-electron chi connectivity index (χ1n) is 9.31. The van der Waals surface area contributed by atoms with E-state index in [9.17, 15) is 14.0 Å². The summed E-state index contributed by atoms with van der Waals surface area (Å²) in [5, 5.41) is 4.42. The van der Waals surface area contributed by atoms with Crippen LogP contribution >= 0.6 is 11.6 Å². The normalized spacial score (nSPS) is 10.6. The number of rotatable bonds is 8. The quantitative estimate of drug-likeness (QED) is 0.237. The standard InChI is InChI=1S/C23H18ClFN2O5/c1-30-21-12-15(6-11-20(21)32-23(29)18-4-2-3-5-19(18)25)13-26-27-22(28)14-31-17-9-7-16(24)8-10-17/h2-13H,14H2,1H3,(H,27,28)/b26-13+. The number of carbonyl (C=O) groups excluding carboxylic acids is 2. The van der Waals surface area contributed by atoms with Gasteiger partial charge in [-0.3, -0.25) is 4.79 Å². The zero-order chi connectivity index (χ0) is 22.9. The van der Waals surface area contributed by atoms with Gasteiger partial charge in [0.25, 0.3) is 5.91 Å². The van der Waals surface area contributed by atoms with E-state index in [1.165, 1.54) is 43.7 Å². The van der Waals surface area contributed by atoms with Crippen LogP contribution in [0.1, 0.15) is 15.9 Å². The number of halogens is 2. The fourth-order valence-corrected chi connectivity index (χ4v) is 2.65. The van der Waals surface area contributed by atoms with Crippen molar-refractivity contribution in [1.82, 2.24) is 5.43 Å². The van der Waals surface area contributed by atoms with Crippen molar-refractivity contribution < 1.29 is 28.2 Å². The topological polar surface area (TPSA) is 86.2 Å². The monoisotopic (exact) mass is 456 g/mol. The van der Waals surface area contributed by atoms with E-state index in [1.54, 1.807) is 36.4 Å². The summed E-state index contributed by atoms with van der Waals surface area (Å²) >= 11 is 5.79. The van der Waals surface area contributed by atoms with Gasteiger partial charge in [0.05, 0.1) is 18.9 Å². The van der Waals surface area contributed by atoms with Gasteiger partial charge in [-0.1, -0.05) is 23.7 Å². The summed E-state index contributed by atoms with van der Waals surface area (Å²) in [5.41, 5.74) is 2.71. The Morgan fingerprint density at radius 1 is 1.06 bits per heavy atom. The van der Waals surface area contributed by atoms with E-state index in [0.29, 0.717) is 16.3 Å². The average molecular weight is 457 g/mol. The molecule has 0 fully saturated rings. The maximum absolute atomic E-state index is 13.8. The van der Waals surface area contributed by atoms with Gasteiger partial charge in [-0.2, -0.15) is 5.10 Å². The predicted molar refractivity (Wildman–Crippen MR) is 117 cm³/mol. The first kappa shape index (κ1) is 22.8. The molecule has 3 aromatic rings. The molecule has 0 aliphatic carbocycles. The number of esters is 1. The Morgan fingerprint density at radius 3 is 2.53 bits per heavy atom. The summed E-state index contributed by atoms with van der Waals surface area (Å²) in [6.07, 6.45) is 1.38. The third-order valence-corrected chi connectivity index (χ3v) is 4.32. The Bertz CT molecular complexity index is 1140. The van der Waals surface area contributed by atoms with Crippen LogP contribution in [0.3, 0.4) is 0 Å². The summed E-state index contributed by atoms with van der Waals surface area (Å²) < 4.78 is 29.5. The van der Waals surface area contributed by atoms with Gasteiger partial charge >= 0.3 is 5.97 Å². The predicted octanol–water partition coefficient (Wildman–Crippen LogP) is 4.24. The number of nitrogens with one attached hydrogen (secondary N) is 1. The largest absolute Gasteiger partial charge is 0.493 e. The fraction of sp³-hybridized carbons (Fsp3) is 0.0870. The number of benzene rings is 3. The van der Waals surface area contributed by atoms with Crippen LogP contribution in [-0.4, -0.2) is 31.8 Å². The number of hydrazone groups is 1. The van der Waals surface area contributed by atoms with E-state index in [0.717, 1.165) is 0 Å². The second kappa shape index (κ2) is 10.9. The van der Waals surface area contributed by atoms with E-state index < -0.39 is 17.7 Å². The molecule has 0 heterocycles. The van der Waals surface area contributed by atoms with Crippen LogP contribution in [-0.2, 0) is 4.79 Å². The molecule has 0 saturated heterocycles. The lowest BCUT2D eigenvalue weighted by Crippen LogP contribution is -2.24. The molecule has 0 saturated carbocycles. The number of carbonyl (C=O) groups is 2. The van der Waals surface area contributed by atoms with Crippen LogP contribution < -0.4 is 19.6 Å². The van der Waals surface area contributed by atoms with Crippen LogP contribution in [0.4, 0.5) is 4.39 Å². The number of amides is 1. The van der Waals surface area contributed by atoms with Crippen molar-refractivity contribution in [3.05, 3.63) is 88.7 Å². The Kier molecular flexibility index (Phi) is 7.77. The SMILES string of the molecule is COc1cc(/C=N/NC(=O)COc2ccc(Cl)cc2)ccc1OC(=O)c1ccccc1F. The molecule has 1 N–H and O–H groups in total. The highest BCUT2D eigenvalue weighted by Gasteiger charge is 2.16. The first-order valence-corrected chi connectivity index (χ1v) is 9.69. The third-order valence-electron chi connectivity index (χ3n) is 4.07. The van der Waals surface area contributed by atoms with Gasteiger partial charge < -0.3 is 14.2 Å². The summed E-state index contributed by atoms with van der Waals surface area (Å²) in [5.74, 6) is -1.15. The molecule has 164 valence electrons. The average Bonchev–Trinajstić information content (AvgIpc) is 2.79. The molecular formula is C23H18ClFN2O5. The molecule has 0 radical (unpaired) electrons. The lowest BCUT2D eigenvalue weighted by molar-refractivity contribution is -0.123. The highest BCUT2D eigenvalue weighted by molar-refractivity contribution is 6.30. The maximum Gasteiger partial charge on any atom is 0.346 e. The van der Waals surface area contributed by atoms with E-state index in [2.05, 4.69) is 10.5 Å². The van der Waals surface area contributed by atoms with Gasteiger partial charge in [-0.05, 0) is 60.2 Å². The van der Waals surface area contributed by atoms with E-state index in [4.69, 9.17) is 25.8 Å². The molecule has 0 unspecified atom stereocenters.